The van der Waals surface area contributed by atoms with Crippen molar-refractivity contribution < 1.29 is 19.4 Å². The van der Waals surface area contributed by atoms with Gasteiger partial charge < -0.3 is 9.84 Å². The van der Waals surface area contributed by atoms with Crippen LogP contribution in [-0.4, -0.2) is 24.2 Å². The SMILES string of the molecule is COC(=O)c1cc(C(=O)O)c(Br)cc1Br. The van der Waals surface area contributed by atoms with Gasteiger partial charge in [0, 0.05) is 8.95 Å². The zero-order valence-electron chi connectivity index (χ0n) is 7.58. The number of carboxylic acid groups (broad SMARTS) is 1. The molecule has 0 saturated heterocycles. The van der Waals surface area contributed by atoms with Gasteiger partial charge in [-0.3, -0.25) is 0 Å². The highest BCUT2D eigenvalue weighted by atomic mass is 79.9. The quantitative estimate of drug-likeness (QED) is 0.843. The lowest BCUT2D eigenvalue weighted by Gasteiger charge is -2.05. The fraction of sp³-hybridized carbons (Fsp3) is 0.111. The number of halogens is 2. The van der Waals surface area contributed by atoms with Crippen LogP contribution in [0.15, 0.2) is 21.1 Å². The zero-order chi connectivity index (χ0) is 11.6. The summed E-state index contributed by atoms with van der Waals surface area (Å²) >= 11 is 6.24. The van der Waals surface area contributed by atoms with Gasteiger partial charge in [-0.05, 0) is 44.0 Å². The molecule has 0 aliphatic heterocycles. The summed E-state index contributed by atoms with van der Waals surface area (Å²) in [7, 11) is 1.23. The molecule has 6 heteroatoms. The number of hydrogen-bond acceptors (Lipinski definition) is 3. The van der Waals surface area contributed by atoms with Gasteiger partial charge >= 0.3 is 11.9 Å². The van der Waals surface area contributed by atoms with Gasteiger partial charge in [0.2, 0.25) is 0 Å². The Morgan fingerprint density at radius 3 is 2.20 bits per heavy atom. The maximum absolute atomic E-state index is 11.3. The minimum absolute atomic E-state index is 0.0126. The van der Waals surface area contributed by atoms with Crippen molar-refractivity contribution >= 4 is 43.8 Å². The lowest BCUT2D eigenvalue weighted by Crippen LogP contribution is -2.06. The van der Waals surface area contributed by atoms with Gasteiger partial charge in [0.1, 0.15) is 0 Å². The number of ether oxygens (including phenoxy) is 1. The molecule has 0 aliphatic carbocycles. The van der Waals surface area contributed by atoms with Gasteiger partial charge in [0.15, 0.2) is 0 Å². The van der Waals surface area contributed by atoms with E-state index in [1.807, 2.05) is 0 Å². The first kappa shape index (κ1) is 12.2. The van der Waals surface area contributed by atoms with Crippen LogP contribution in [0, 0.1) is 0 Å². The van der Waals surface area contributed by atoms with Crippen LogP contribution in [0.25, 0.3) is 0 Å². The summed E-state index contributed by atoms with van der Waals surface area (Å²) in [5, 5.41) is 8.84. The molecule has 0 aromatic heterocycles. The Bertz CT molecular complexity index is 428. The van der Waals surface area contributed by atoms with E-state index in [9.17, 15) is 9.59 Å². The van der Waals surface area contributed by atoms with Crippen LogP contribution in [0.4, 0.5) is 0 Å². The second-order valence-electron chi connectivity index (χ2n) is 2.61. The molecule has 0 amide bonds. The number of rotatable bonds is 2. The third-order valence-corrected chi connectivity index (χ3v) is 3.00. The lowest BCUT2D eigenvalue weighted by molar-refractivity contribution is 0.0599. The maximum atomic E-state index is 11.3. The molecular weight excluding hydrogens is 332 g/mol. The molecule has 0 aliphatic rings. The molecule has 0 atom stereocenters. The average molecular weight is 338 g/mol. The van der Waals surface area contributed by atoms with Crippen molar-refractivity contribution in [2.24, 2.45) is 0 Å². The first-order chi connectivity index (χ1) is 6.97. The van der Waals surface area contributed by atoms with Crippen molar-refractivity contribution in [3.8, 4) is 0 Å². The highest BCUT2D eigenvalue weighted by Gasteiger charge is 2.17. The first-order valence-electron chi connectivity index (χ1n) is 3.78. The van der Waals surface area contributed by atoms with Crippen LogP contribution in [0.1, 0.15) is 20.7 Å². The minimum Gasteiger partial charge on any atom is -0.478 e. The normalized spacial score (nSPS) is 9.80. The Morgan fingerprint density at radius 1 is 1.20 bits per heavy atom. The average Bonchev–Trinajstić information content (AvgIpc) is 2.16. The first-order valence-corrected chi connectivity index (χ1v) is 5.36. The van der Waals surface area contributed by atoms with Crippen LogP contribution in [-0.2, 0) is 4.74 Å². The Morgan fingerprint density at radius 2 is 1.73 bits per heavy atom. The van der Waals surface area contributed by atoms with Crippen LogP contribution < -0.4 is 0 Å². The number of benzene rings is 1. The van der Waals surface area contributed by atoms with Crippen molar-refractivity contribution in [1.82, 2.24) is 0 Å². The maximum Gasteiger partial charge on any atom is 0.339 e. The van der Waals surface area contributed by atoms with E-state index in [0.29, 0.717) is 8.95 Å². The molecule has 80 valence electrons. The van der Waals surface area contributed by atoms with Gasteiger partial charge in [0.25, 0.3) is 0 Å². The predicted molar refractivity (Wildman–Crippen MR) is 60.1 cm³/mol. The fourth-order valence-electron chi connectivity index (χ4n) is 0.979. The van der Waals surface area contributed by atoms with E-state index in [4.69, 9.17) is 5.11 Å². The molecule has 0 unspecified atom stereocenters. The largest absolute Gasteiger partial charge is 0.478 e. The van der Waals surface area contributed by atoms with E-state index in [2.05, 4.69) is 36.6 Å². The second-order valence-corrected chi connectivity index (χ2v) is 4.32. The van der Waals surface area contributed by atoms with Crippen molar-refractivity contribution in [1.29, 1.82) is 0 Å². The molecule has 1 N–H and O–H groups in total. The Hall–Kier alpha value is -0.880. The molecule has 1 aromatic carbocycles. The van der Waals surface area contributed by atoms with Crippen molar-refractivity contribution in [3.63, 3.8) is 0 Å². The summed E-state index contributed by atoms with van der Waals surface area (Å²) in [5.74, 6) is -1.70. The smallest absolute Gasteiger partial charge is 0.339 e. The Balaban J connectivity index is 3.36. The van der Waals surface area contributed by atoms with Crippen molar-refractivity contribution in [2.45, 2.75) is 0 Å². The summed E-state index contributed by atoms with van der Waals surface area (Å²) in [5.41, 5.74) is 0.191. The molecule has 0 fully saturated rings. The van der Waals surface area contributed by atoms with E-state index in [0.717, 1.165) is 0 Å². The molecule has 0 radical (unpaired) electrons. The molecule has 1 aromatic rings. The zero-order valence-corrected chi connectivity index (χ0v) is 10.8. The molecule has 0 bridgehead atoms. The fourth-order valence-corrected chi connectivity index (χ4v) is 2.30. The van der Waals surface area contributed by atoms with Crippen molar-refractivity contribution in [3.05, 3.63) is 32.2 Å². The summed E-state index contributed by atoms with van der Waals surface area (Å²) in [6.45, 7) is 0. The van der Waals surface area contributed by atoms with E-state index < -0.39 is 11.9 Å². The topological polar surface area (TPSA) is 63.6 Å². The van der Waals surface area contributed by atoms with E-state index in [1.165, 1.54) is 19.2 Å². The third kappa shape index (κ3) is 2.57. The minimum atomic E-state index is -1.11. The molecule has 1 rings (SSSR count). The molecule has 0 heterocycles. The number of aromatic carboxylic acids is 1. The summed E-state index contributed by atoms with van der Waals surface area (Å²) in [4.78, 5) is 22.1. The number of methoxy groups -OCH3 is 1. The van der Waals surface area contributed by atoms with E-state index in [1.54, 1.807) is 0 Å². The second kappa shape index (κ2) is 4.76. The van der Waals surface area contributed by atoms with Gasteiger partial charge in [-0.2, -0.15) is 0 Å². The molecule has 0 spiro atoms. The lowest BCUT2D eigenvalue weighted by atomic mass is 10.1. The number of hydrogen-bond donors (Lipinski definition) is 1. The molecule has 0 saturated carbocycles. The highest BCUT2D eigenvalue weighted by molar-refractivity contribution is 9.11. The van der Waals surface area contributed by atoms with Gasteiger partial charge in [-0.15, -0.1) is 0 Å². The van der Waals surface area contributed by atoms with Crippen LogP contribution >= 0.6 is 31.9 Å². The Labute approximate surface area is 102 Å². The van der Waals surface area contributed by atoms with Crippen LogP contribution in [0.5, 0.6) is 0 Å². The molecule has 15 heavy (non-hydrogen) atoms. The van der Waals surface area contributed by atoms with Gasteiger partial charge in [-0.1, -0.05) is 0 Å². The summed E-state index contributed by atoms with van der Waals surface area (Å²) < 4.78 is 5.39. The monoisotopic (exact) mass is 336 g/mol. The number of esters is 1. The van der Waals surface area contributed by atoms with Gasteiger partial charge in [-0.25, -0.2) is 9.59 Å². The molecule has 4 nitrogen and oxygen atoms in total. The highest BCUT2D eigenvalue weighted by Crippen LogP contribution is 2.26. The Kier molecular flexibility index (Phi) is 3.87. The number of carboxylic acids is 1. The van der Waals surface area contributed by atoms with Crippen LogP contribution in [0.3, 0.4) is 0 Å². The predicted octanol–water partition coefficient (Wildman–Crippen LogP) is 2.70. The van der Waals surface area contributed by atoms with E-state index in [-0.39, 0.29) is 11.1 Å². The van der Waals surface area contributed by atoms with Gasteiger partial charge in [0.05, 0.1) is 18.2 Å². The number of carbonyl (C=O) groups is 2. The molecular formula is C9H6Br2O4. The van der Waals surface area contributed by atoms with Crippen molar-refractivity contribution in [2.75, 3.05) is 7.11 Å². The van der Waals surface area contributed by atoms with E-state index >= 15 is 0 Å². The standard InChI is InChI=1S/C9H6Br2O4/c1-15-9(14)5-2-4(8(12)13)6(10)3-7(5)11/h2-3H,1H3,(H,12,13). The van der Waals surface area contributed by atoms with Crippen LogP contribution in [0.2, 0.25) is 0 Å². The summed E-state index contributed by atoms with van der Waals surface area (Å²) in [6, 6.07) is 2.75. The third-order valence-electron chi connectivity index (χ3n) is 1.69. The summed E-state index contributed by atoms with van der Waals surface area (Å²) in [6.07, 6.45) is 0. The number of carbonyl (C=O) groups excluding carboxylic acids is 1.